The fourth-order valence-corrected chi connectivity index (χ4v) is 1.06. The number of hydrogen-bond donors (Lipinski definition) is 1. The molecule has 4 heteroatoms. The van der Waals surface area contributed by atoms with Gasteiger partial charge in [0.15, 0.2) is 0 Å². The van der Waals surface area contributed by atoms with Crippen molar-refractivity contribution in [2.45, 2.75) is 20.3 Å². The summed E-state index contributed by atoms with van der Waals surface area (Å²) in [6.45, 7) is 4.94. The van der Waals surface area contributed by atoms with Crippen molar-refractivity contribution in [3.8, 4) is 0 Å². The first-order valence-corrected chi connectivity index (χ1v) is 5.02. The van der Waals surface area contributed by atoms with Crippen molar-refractivity contribution in [3.63, 3.8) is 0 Å². The number of ether oxygens (including phenoxy) is 1. The van der Waals surface area contributed by atoms with Crippen molar-refractivity contribution >= 4 is 11.7 Å². The highest BCUT2D eigenvalue weighted by molar-refractivity contribution is 5.89. The number of aromatic nitrogens is 1. The molecule has 0 fully saturated rings. The van der Waals surface area contributed by atoms with Crippen molar-refractivity contribution in [2.75, 3.05) is 18.5 Å². The van der Waals surface area contributed by atoms with Gasteiger partial charge in [-0.1, -0.05) is 6.07 Å². The minimum absolute atomic E-state index is 0.0696. The van der Waals surface area contributed by atoms with E-state index in [0.717, 1.165) is 5.56 Å². The van der Waals surface area contributed by atoms with Gasteiger partial charge in [0, 0.05) is 12.8 Å². The molecule has 0 aliphatic rings. The molecule has 0 saturated heterocycles. The molecule has 0 saturated carbocycles. The van der Waals surface area contributed by atoms with Crippen LogP contribution in [-0.2, 0) is 9.53 Å². The highest BCUT2D eigenvalue weighted by Crippen LogP contribution is 2.04. The molecule has 0 aliphatic carbocycles. The second-order valence-corrected chi connectivity index (χ2v) is 3.22. The molecule has 0 aliphatic heterocycles. The van der Waals surface area contributed by atoms with E-state index in [1.165, 1.54) is 0 Å². The second-order valence-electron chi connectivity index (χ2n) is 3.22. The van der Waals surface area contributed by atoms with E-state index in [9.17, 15) is 4.79 Å². The summed E-state index contributed by atoms with van der Waals surface area (Å²) in [4.78, 5) is 15.4. The second kappa shape index (κ2) is 6.14. The Morgan fingerprint density at radius 2 is 2.33 bits per heavy atom. The van der Waals surface area contributed by atoms with Crippen LogP contribution >= 0.6 is 0 Å². The quantitative estimate of drug-likeness (QED) is 0.750. The topological polar surface area (TPSA) is 51.2 Å². The first-order valence-electron chi connectivity index (χ1n) is 5.02. The van der Waals surface area contributed by atoms with Crippen molar-refractivity contribution in [1.82, 2.24) is 4.98 Å². The Labute approximate surface area is 89.7 Å². The largest absolute Gasteiger partial charge is 0.381 e. The Hall–Kier alpha value is -1.42. The Kier molecular flexibility index (Phi) is 4.77. The van der Waals surface area contributed by atoms with Crippen molar-refractivity contribution in [3.05, 3.63) is 23.9 Å². The zero-order chi connectivity index (χ0) is 11.1. The highest BCUT2D eigenvalue weighted by atomic mass is 16.5. The van der Waals surface area contributed by atoms with Crippen LogP contribution < -0.4 is 5.32 Å². The Morgan fingerprint density at radius 1 is 1.53 bits per heavy atom. The van der Waals surface area contributed by atoms with Gasteiger partial charge in [-0.3, -0.25) is 4.79 Å². The molecule has 0 unspecified atom stereocenters. The number of rotatable bonds is 5. The number of hydrogen-bond acceptors (Lipinski definition) is 3. The maximum Gasteiger partial charge on any atom is 0.227 e. The Morgan fingerprint density at radius 3 is 2.93 bits per heavy atom. The molecule has 0 aromatic carbocycles. The first kappa shape index (κ1) is 11.7. The number of anilines is 1. The van der Waals surface area contributed by atoms with E-state index in [2.05, 4.69) is 10.3 Å². The minimum Gasteiger partial charge on any atom is -0.381 e. The van der Waals surface area contributed by atoms with E-state index >= 15 is 0 Å². The van der Waals surface area contributed by atoms with Gasteiger partial charge in [0.25, 0.3) is 0 Å². The fourth-order valence-electron chi connectivity index (χ4n) is 1.06. The molecule has 15 heavy (non-hydrogen) atoms. The molecular weight excluding hydrogens is 192 g/mol. The number of nitrogens with zero attached hydrogens (tertiary/aromatic N) is 1. The third kappa shape index (κ3) is 4.56. The molecule has 0 spiro atoms. The average Bonchev–Trinajstić information content (AvgIpc) is 2.22. The van der Waals surface area contributed by atoms with Crippen molar-refractivity contribution < 1.29 is 9.53 Å². The summed E-state index contributed by atoms with van der Waals surface area (Å²) >= 11 is 0. The molecule has 1 rings (SSSR count). The smallest absolute Gasteiger partial charge is 0.227 e. The van der Waals surface area contributed by atoms with Gasteiger partial charge in [0.05, 0.1) is 13.0 Å². The summed E-state index contributed by atoms with van der Waals surface area (Å²) in [5, 5.41) is 2.70. The van der Waals surface area contributed by atoms with Crippen LogP contribution in [0.3, 0.4) is 0 Å². The van der Waals surface area contributed by atoms with Gasteiger partial charge in [0.1, 0.15) is 5.82 Å². The Bertz CT molecular complexity index is 309. The number of aryl methyl sites for hydroxylation is 1. The van der Waals surface area contributed by atoms with Crippen LogP contribution in [0.5, 0.6) is 0 Å². The van der Waals surface area contributed by atoms with E-state index in [-0.39, 0.29) is 5.91 Å². The van der Waals surface area contributed by atoms with Crippen LogP contribution in [0, 0.1) is 6.92 Å². The maximum absolute atomic E-state index is 11.3. The zero-order valence-electron chi connectivity index (χ0n) is 9.12. The lowest BCUT2D eigenvalue weighted by molar-refractivity contribution is -0.117. The van der Waals surface area contributed by atoms with Crippen LogP contribution in [0.25, 0.3) is 0 Å². The number of pyridine rings is 1. The molecule has 1 heterocycles. The van der Waals surface area contributed by atoms with Crippen LogP contribution in [0.2, 0.25) is 0 Å². The third-order valence-corrected chi connectivity index (χ3v) is 1.86. The standard InChI is InChI=1S/C11H16N2O2/c1-3-15-7-6-11(14)13-10-5-4-9(2)8-12-10/h4-5,8H,3,6-7H2,1-2H3,(H,12,13,14). The number of carbonyl (C=O) groups excluding carboxylic acids is 1. The summed E-state index contributed by atoms with van der Waals surface area (Å²) < 4.78 is 5.08. The lowest BCUT2D eigenvalue weighted by atomic mass is 10.3. The molecule has 1 aromatic rings. The molecule has 0 bridgehead atoms. The van der Waals surface area contributed by atoms with Gasteiger partial charge in [0.2, 0.25) is 5.91 Å². The lowest BCUT2D eigenvalue weighted by Crippen LogP contribution is -2.14. The van der Waals surface area contributed by atoms with Gasteiger partial charge in [-0.25, -0.2) is 4.98 Å². The summed E-state index contributed by atoms with van der Waals surface area (Å²) in [6, 6.07) is 3.69. The summed E-state index contributed by atoms with van der Waals surface area (Å²) in [6.07, 6.45) is 2.08. The summed E-state index contributed by atoms with van der Waals surface area (Å²) in [7, 11) is 0. The number of amides is 1. The molecule has 4 nitrogen and oxygen atoms in total. The maximum atomic E-state index is 11.3. The summed E-state index contributed by atoms with van der Waals surface area (Å²) in [5.41, 5.74) is 1.07. The molecule has 0 atom stereocenters. The van der Waals surface area contributed by atoms with Gasteiger partial charge >= 0.3 is 0 Å². The normalized spacial score (nSPS) is 10.0. The monoisotopic (exact) mass is 208 g/mol. The fraction of sp³-hybridized carbons (Fsp3) is 0.455. The van der Waals surface area contributed by atoms with E-state index in [4.69, 9.17) is 4.74 Å². The molecule has 82 valence electrons. The molecule has 1 N–H and O–H groups in total. The molecule has 0 radical (unpaired) electrons. The lowest BCUT2D eigenvalue weighted by Gasteiger charge is -2.04. The van der Waals surface area contributed by atoms with Crippen LogP contribution in [0.15, 0.2) is 18.3 Å². The SMILES string of the molecule is CCOCCC(=O)Nc1ccc(C)cn1. The van der Waals surface area contributed by atoms with Gasteiger partial charge in [-0.05, 0) is 25.5 Å². The molecule has 1 aromatic heterocycles. The van der Waals surface area contributed by atoms with Gasteiger partial charge < -0.3 is 10.1 Å². The predicted molar refractivity (Wildman–Crippen MR) is 58.7 cm³/mol. The van der Waals surface area contributed by atoms with Crippen molar-refractivity contribution in [1.29, 1.82) is 0 Å². The zero-order valence-corrected chi connectivity index (χ0v) is 9.12. The van der Waals surface area contributed by atoms with E-state index in [0.29, 0.717) is 25.5 Å². The van der Waals surface area contributed by atoms with Crippen LogP contribution in [0.1, 0.15) is 18.9 Å². The van der Waals surface area contributed by atoms with Gasteiger partial charge in [-0.15, -0.1) is 0 Å². The van der Waals surface area contributed by atoms with Gasteiger partial charge in [-0.2, -0.15) is 0 Å². The van der Waals surface area contributed by atoms with E-state index in [1.54, 1.807) is 12.3 Å². The Balaban J connectivity index is 2.34. The number of nitrogens with one attached hydrogen (secondary N) is 1. The number of carbonyl (C=O) groups is 1. The molecule has 1 amide bonds. The van der Waals surface area contributed by atoms with Crippen molar-refractivity contribution in [2.24, 2.45) is 0 Å². The van der Waals surface area contributed by atoms with E-state index in [1.807, 2.05) is 19.9 Å². The third-order valence-electron chi connectivity index (χ3n) is 1.86. The highest BCUT2D eigenvalue weighted by Gasteiger charge is 2.02. The van der Waals surface area contributed by atoms with Crippen LogP contribution in [-0.4, -0.2) is 24.1 Å². The summed E-state index contributed by atoms with van der Waals surface area (Å²) in [5.74, 6) is 0.516. The molecular formula is C11H16N2O2. The predicted octanol–water partition coefficient (Wildman–Crippen LogP) is 1.76. The minimum atomic E-state index is -0.0696. The first-order chi connectivity index (χ1) is 7.22. The van der Waals surface area contributed by atoms with Crippen LogP contribution in [0.4, 0.5) is 5.82 Å². The van der Waals surface area contributed by atoms with E-state index < -0.39 is 0 Å². The average molecular weight is 208 g/mol.